The number of carbonyl (C=O) groups excluding carboxylic acids is 4. The Morgan fingerprint density at radius 3 is 2.23 bits per heavy atom. The molecule has 2 unspecified atom stereocenters. The number of carbonyl (C=O) groups is 4. The maximum absolute atomic E-state index is 14.4. The van der Waals surface area contributed by atoms with E-state index < -0.39 is 72.0 Å². The predicted octanol–water partition coefficient (Wildman–Crippen LogP) is 7.00. The molecule has 13 nitrogen and oxygen atoms in total. The summed E-state index contributed by atoms with van der Waals surface area (Å²) in [5.74, 6) is -6.09. The summed E-state index contributed by atoms with van der Waals surface area (Å²) in [6.07, 6.45) is 14.5. The van der Waals surface area contributed by atoms with Crippen molar-refractivity contribution in [2.45, 2.75) is 186 Å². The van der Waals surface area contributed by atoms with Crippen molar-refractivity contribution in [1.29, 1.82) is 0 Å². The van der Waals surface area contributed by atoms with Gasteiger partial charge in [0.2, 0.25) is 5.79 Å². The summed E-state index contributed by atoms with van der Waals surface area (Å²) < 4.78 is 29.6. The van der Waals surface area contributed by atoms with Gasteiger partial charge in [-0.05, 0) is 126 Å². The summed E-state index contributed by atoms with van der Waals surface area (Å²) in [6.45, 7) is 13.6. The number of ether oxygens (including phenoxy) is 5. The van der Waals surface area contributed by atoms with Crippen molar-refractivity contribution in [3.8, 4) is 0 Å². The third kappa shape index (κ3) is 14.2. The molecule has 4 aliphatic rings. The third-order valence-electron chi connectivity index (χ3n) is 14.5. The molecule has 0 spiro atoms. The van der Waals surface area contributed by atoms with Gasteiger partial charge in [0.25, 0.3) is 11.7 Å². The van der Waals surface area contributed by atoms with Crippen LogP contribution >= 0.6 is 0 Å². The summed E-state index contributed by atoms with van der Waals surface area (Å²) >= 11 is 0. The molecule has 15 atom stereocenters. The molecule has 2 saturated heterocycles. The van der Waals surface area contributed by atoms with Gasteiger partial charge in [-0.25, -0.2) is 4.79 Å². The lowest BCUT2D eigenvalue weighted by Crippen LogP contribution is -2.61. The van der Waals surface area contributed by atoms with Gasteiger partial charge in [0.05, 0.1) is 24.4 Å². The molecule has 362 valence electrons. The third-order valence-corrected chi connectivity index (χ3v) is 14.5. The number of aliphatic hydroxyl groups is 3. The smallest absolute Gasteiger partial charge is 0.329 e. The zero-order valence-corrected chi connectivity index (χ0v) is 40.4. The normalized spacial score (nSPS) is 40.8. The number of allylic oxidation sites excluding steroid dienone is 6. The van der Waals surface area contributed by atoms with E-state index in [0.29, 0.717) is 76.2 Å². The van der Waals surface area contributed by atoms with E-state index in [2.05, 4.69) is 6.92 Å². The van der Waals surface area contributed by atoms with Crippen LogP contribution in [0.1, 0.15) is 132 Å². The van der Waals surface area contributed by atoms with Gasteiger partial charge in [0.1, 0.15) is 24.4 Å². The quantitative estimate of drug-likeness (QED) is 0.142. The van der Waals surface area contributed by atoms with E-state index >= 15 is 0 Å². The Balaban J connectivity index is 1.67. The van der Waals surface area contributed by atoms with E-state index in [9.17, 15) is 34.5 Å². The predicted molar refractivity (Wildman–Crippen MR) is 245 cm³/mol. The lowest BCUT2D eigenvalue weighted by molar-refractivity contribution is -0.265. The second kappa shape index (κ2) is 25.2. The van der Waals surface area contributed by atoms with Crippen LogP contribution in [0.2, 0.25) is 0 Å². The maximum Gasteiger partial charge on any atom is 0.329 e. The molecule has 1 aliphatic carbocycles. The minimum Gasteiger partial charge on any atom is -0.461 e. The van der Waals surface area contributed by atoms with Crippen molar-refractivity contribution in [3.63, 3.8) is 0 Å². The number of fused-ring (bicyclic) bond motifs is 3. The van der Waals surface area contributed by atoms with Gasteiger partial charge < -0.3 is 43.9 Å². The van der Waals surface area contributed by atoms with Gasteiger partial charge in [0.15, 0.2) is 5.78 Å². The van der Waals surface area contributed by atoms with E-state index in [1.54, 1.807) is 28.1 Å². The highest BCUT2D eigenvalue weighted by Crippen LogP contribution is 2.38. The number of cyclic esters (lactones) is 1. The zero-order chi connectivity index (χ0) is 47.3. The first-order valence-corrected chi connectivity index (χ1v) is 24.0. The lowest BCUT2D eigenvalue weighted by atomic mass is 9.78. The van der Waals surface area contributed by atoms with Crippen molar-refractivity contribution in [1.82, 2.24) is 4.90 Å². The number of rotatable bonds is 6. The Labute approximate surface area is 383 Å². The number of aliphatic hydroxyl groups excluding tert-OH is 2. The van der Waals surface area contributed by atoms with Crippen LogP contribution in [0.15, 0.2) is 47.6 Å². The Morgan fingerprint density at radius 1 is 0.812 bits per heavy atom. The SMILES string of the molecule is COC1C[C@@H]2CC[C@@H](C)[C@@](O)(O2)C(=O)C(=O)N2CCCC[C@H]2C(=O)O[C@H]([C@H](C)C[C@@H]2CC[C@@H](O)[C@H](OC)C2)CC[C@H](C)/C=C(\C)[C@@H](O)C(OC)C(=O)[C@H](C)C[C@H](C)/C=C/C=C/C=C/1C. The van der Waals surface area contributed by atoms with Crippen molar-refractivity contribution < 1.29 is 58.2 Å². The minimum atomic E-state index is -2.38. The number of Topliss-reactive ketones (excluding diaryl/α,β-unsaturated/α-hetero) is 2. The minimum absolute atomic E-state index is 0.0678. The Hall–Kier alpha value is -3.04. The van der Waals surface area contributed by atoms with Crippen LogP contribution in [0.25, 0.3) is 0 Å². The molecule has 64 heavy (non-hydrogen) atoms. The van der Waals surface area contributed by atoms with Gasteiger partial charge in [-0.1, -0.05) is 71.1 Å². The van der Waals surface area contributed by atoms with Crippen LogP contribution in [0.3, 0.4) is 0 Å². The molecule has 3 fully saturated rings. The monoisotopic (exact) mass is 900 g/mol. The van der Waals surface area contributed by atoms with Crippen molar-refractivity contribution >= 4 is 23.4 Å². The molecule has 3 heterocycles. The molecule has 1 saturated carbocycles. The van der Waals surface area contributed by atoms with E-state index in [-0.39, 0.29) is 48.0 Å². The molecule has 1 amide bonds. The van der Waals surface area contributed by atoms with Gasteiger partial charge in [-0.15, -0.1) is 0 Å². The van der Waals surface area contributed by atoms with Crippen LogP contribution in [-0.2, 0) is 42.9 Å². The number of esters is 1. The maximum atomic E-state index is 14.4. The van der Waals surface area contributed by atoms with Gasteiger partial charge >= 0.3 is 5.97 Å². The fourth-order valence-corrected chi connectivity index (χ4v) is 10.3. The Kier molecular flexibility index (Phi) is 21.1. The fourth-order valence-electron chi connectivity index (χ4n) is 10.3. The average molecular weight is 900 g/mol. The van der Waals surface area contributed by atoms with Crippen molar-refractivity contribution in [3.05, 3.63) is 47.6 Å². The highest BCUT2D eigenvalue weighted by Gasteiger charge is 2.53. The van der Waals surface area contributed by atoms with Gasteiger partial charge in [-0.3, -0.25) is 14.4 Å². The zero-order valence-electron chi connectivity index (χ0n) is 40.4. The second-order valence-electron chi connectivity index (χ2n) is 19.7. The van der Waals surface area contributed by atoms with Gasteiger partial charge in [0, 0.05) is 46.1 Å². The topological polar surface area (TPSA) is 178 Å². The fraction of sp³-hybridized carbons (Fsp3) is 0.765. The molecule has 0 aromatic heterocycles. The largest absolute Gasteiger partial charge is 0.461 e. The number of methoxy groups -OCH3 is 3. The average Bonchev–Trinajstić information content (AvgIpc) is 3.27. The first kappa shape index (κ1) is 53.6. The number of nitrogens with zero attached hydrogens (tertiary/aromatic N) is 1. The Morgan fingerprint density at radius 2 is 1.55 bits per heavy atom. The van der Waals surface area contributed by atoms with E-state index in [1.165, 1.54) is 12.0 Å². The molecule has 0 aromatic carbocycles. The summed E-state index contributed by atoms with van der Waals surface area (Å²) in [4.78, 5) is 57.8. The van der Waals surface area contributed by atoms with Crippen LogP contribution in [0.4, 0.5) is 0 Å². The van der Waals surface area contributed by atoms with E-state index in [4.69, 9.17) is 23.7 Å². The number of piperidine rings is 1. The number of ketones is 2. The number of hydrogen-bond donors (Lipinski definition) is 3. The van der Waals surface area contributed by atoms with Crippen LogP contribution in [-0.4, -0.2) is 126 Å². The van der Waals surface area contributed by atoms with E-state index in [0.717, 1.165) is 18.4 Å². The standard InChI is InChI=1S/C51H81NO12/c1-31-16-12-11-13-17-33(3)43(60-8)30-39-22-20-37(7)51(59,64-39)48(56)49(57)52-25-15-14-18-40(52)50(58)63-42(34(4)28-38-21-23-41(53)44(29-38)61-9)24-19-32(2)27-36(6)46(55)47(62-10)45(54)35(5)26-31/h11-13,16-17,27,31-32,34-35,37-44,46-47,53,55,59H,14-15,18-26,28-30H2,1-10H3/b13-11+,16-12+,33-17+,36-27+/t31-,32+,34-,35-,37-,38+,39+,40+,41-,42+,43?,44-,46-,47?,51-/m1/s1. The molecule has 3 N–H and O–H groups in total. The summed E-state index contributed by atoms with van der Waals surface area (Å²) in [5.41, 5.74) is 1.51. The molecule has 0 aromatic rings. The molecule has 4 rings (SSSR count). The first-order valence-electron chi connectivity index (χ1n) is 24.0. The number of amides is 1. The van der Waals surface area contributed by atoms with Crippen LogP contribution in [0.5, 0.6) is 0 Å². The second-order valence-corrected chi connectivity index (χ2v) is 19.7. The van der Waals surface area contributed by atoms with Crippen LogP contribution < -0.4 is 0 Å². The molecular formula is C51H81NO12. The highest BCUT2D eigenvalue weighted by molar-refractivity contribution is 6.39. The first-order chi connectivity index (χ1) is 30.3. The Bertz CT molecular complexity index is 1670. The summed E-state index contributed by atoms with van der Waals surface area (Å²) in [7, 11) is 4.65. The lowest BCUT2D eigenvalue weighted by Gasteiger charge is -2.42. The van der Waals surface area contributed by atoms with E-state index in [1.807, 2.05) is 64.2 Å². The summed E-state index contributed by atoms with van der Waals surface area (Å²) in [6, 6.07) is -1.02. The number of hydrogen-bond acceptors (Lipinski definition) is 12. The molecule has 2 bridgehead atoms. The van der Waals surface area contributed by atoms with Crippen LogP contribution in [0, 0.1) is 35.5 Å². The highest BCUT2D eigenvalue weighted by atomic mass is 16.6. The molecule has 0 radical (unpaired) electrons. The van der Waals surface area contributed by atoms with Crippen molar-refractivity contribution in [2.24, 2.45) is 35.5 Å². The molecular weight excluding hydrogens is 819 g/mol. The molecule has 13 heteroatoms. The summed E-state index contributed by atoms with van der Waals surface area (Å²) in [5, 5.41) is 33.9. The van der Waals surface area contributed by atoms with Gasteiger partial charge in [-0.2, -0.15) is 0 Å². The van der Waals surface area contributed by atoms with Crippen molar-refractivity contribution in [2.75, 3.05) is 27.9 Å². The molecule has 3 aliphatic heterocycles.